The Kier molecular flexibility index (Phi) is 4.56. The Morgan fingerprint density at radius 1 is 1.03 bits per heavy atom. The molecule has 34 heavy (non-hydrogen) atoms. The highest BCUT2D eigenvalue weighted by molar-refractivity contribution is 6.12. The van der Waals surface area contributed by atoms with Crippen LogP contribution in [0.15, 0.2) is 54.9 Å². The molecular weight excluding hydrogens is 441 g/mol. The standard InChI is InChI=1S/C26H21F3N4O/c1-32-14-21(24(31-32)26(27,28)29)17-4-2-5-19-18(17)10-11-33(25(19)34)23-7-3-6-22-20(23)12-16(13-30-22)15-8-9-15/h2-7,12-15H,8-11H2,1H3. The van der Waals surface area contributed by atoms with Crippen molar-refractivity contribution >= 4 is 22.5 Å². The molecule has 0 unspecified atom stereocenters. The van der Waals surface area contributed by atoms with Gasteiger partial charge in [-0.1, -0.05) is 18.2 Å². The smallest absolute Gasteiger partial charge is 0.307 e. The SMILES string of the molecule is Cn1cc(-c2cccc3c2CCN(c2cccc4ncc(C5CC5)cc24)C3=O)c(C(F)(F)F)n1. The summed E-state index contributed by atoms with van der Waals surface area (Å²) in [5.41, 5.74) is 3.29. The summed E-state index contributed by atoms with van der Waals surface area (Å²) in [6, 6.07) is 12.8. The Morgan fingerprint density at radius 2 is 1.79 bits per heavy atom. The lowest BCUT2D eigenvalue weighted by atomic mass is 9.90. The predicted octanol–water partition coefficient (Wildman–Crippen LogP) is 5.73. The van der Waals surface area contributed by atoms with Gasteiger partial charge in [-0.3, -0.25) is 14.5 Å². The van der Waals surface area contributed by atoms with Crippen LogP contribution >= 0.6 is 0 Å². The van der Waals surface area contributed by atoms with Crippen LogP contribution in [-0.4, -0.2) is 27.2 Å². The lowest BCUT2D eigenvalue weighted by Crippen LogP contribution is -2.38. The van der Waals surface area contributed by atoms with Gasteiger partial charge in [0.1, 0.15) is 0 Å². The van der Waals surface area contributed by atoms with Crippen molar-refractivity contribution in [1.82, 2.24) is 14.8 Å². The van der Waals surface area contributed by atoms with E-state index in [2.05, 4.69) is 16.1 Å². The van der Waals surface area contributed by atoms with E-state index < -0.39 is 11.9 Å². The molecule has 0 radical (unpaired) electrons. The molecule has 4 aromatic rings. The van der Waals surface area contributed by atoms with E-state index in [0.717, 1.165) is 34.1 Å². The number of nitrogens with zero attached hydrogens (tertiary/aromatic N) is 4. The minimum atomic E-state index is -4.58. The van der Waals surface area contributed by atoms with Gasteiger partial charge in [0.15, 0.2) is 5.69 Å². The van der Waals surface area contributed by atoms with Crippen molar-refractivity contribution in [2.75, 3.05) is 11.4 Å². The lowest BCUT2D eigenvalue weighted by molar-refractivity contribution is -0.140. The number of aryl methyl sites for hydroxylation is 1. The number of hydrogen-bond donors (Lipinski definition) is 0. The molecule has 0 atom stereocenters. The second kappa shape index (κ2) is 7.41. The van der Waals surface area contributed by atoms with Crippen LogP contribution in [-0.2, 0) is 19.6 Å². The monoisotopic (exact) mass is 462 g/mol. The van der Waals surface area contributed by atoms with Gasteiger partial charge in [-0.05, 0) is 66.1 Å². The fourth-order valence-corrected chi connectivity index (χ4v) is 4.93. The van der Waals surface area contributed by atoms with Crippen molar-refractivity contribution < 1.29 is 18.0 Å². The summed E-state index contributed by atoms with van der Waals surface area (Å²) in [7, 11) is 1.46. The van der Waals surface area contributed by atoms with Crippen LogP contribution in [0.4, 0.5) is 18.9 Å². The van der Waals surface area contributed by atoms with Crippen LogP contribution in [0, 0.1) is 0 Å². The number of fused-ring (bicyclic) bond motifs is 2. The molecule has 2 aromatic heterocycles. The third-order valence-electron chi connectivity index (χ3n) is 6.69. The first-order chi connectivity index (χ1) is 16.3. The summed E-state index contributed by atoms with van der Waals surface area (Å²) in [5, 5.41) is 4.56. The molecule has 1 saturated carbocycles. The molecule has 1 amide bonds. The molecule has 1 aliphatic carbocycles. The third kappa shape index (κ3) is 3.36. The first-order valence-electron chi connectivity index (χ1n) is 11.2. The second-order valence-electron chi connectivity index (χ2n) is 8.99. The van der Waals surface area contributed by atoms with Crippen molar-refractivity contribution in [3.63, 3.8) is 0 Å². The molecular formula is C26H21F3N4O. The number of aromatic nitrogens is 3. The molecule has 1 fully saturated rings. The second-order valence-corrected chi connectivity index (χ2v) is 8.99. The van der Waals surface area contributed by atoms with Crippen LogP contribution in [0.25, 0.3) is 22.0 Å². The molecule has 172 valence electrons. The number of carbonyl (C=O) groups excluding carboxylic acids is 1. The zero-order valence-corrected chi connectivity index (χ0v) is 18.4. The molecule has 1 aliphatic heterocycles. The van der Waals surface area contributed by atoms with Crippen LogP contribution in [0.2, 0.25) is 0 Å². The van der Waals surface area contributed by atoms with E-state index in [0.29, 0.717) is 35.6 Å². The Bertz CT molecular complexity index is 1450. The molecule has 8 heteroatoms. The number of rotatable bonds is 3. The van der Waals surface area contributed by atoms with E-state index in [-0.39, 0.29) is 11.5 Å². The molecule has 3 heterocycles. The van der Waals surface area contributed by atoms with E-state index in [1.54, 1.807) is 23.1 Å². The van der Waals surface area contributed by atoms with E-state index in [9.17, 15) is 18.0 Å². The summed E-state index contributed by atoms with van der Waals surface area (Å²) in [5.74, 6) is 0.317. The average Bonchev–Trinajstić information content (AvgIpc) is 3.59. The van der Waals surface area contributed by atoms with Crippen molar-refractivity contribution in [1.29, 1.82) is 0 Å². The van der Waals surface area contributed by atoms with E-state index >= 15 is 0 Å². The molecule has 5 nitrogen and oxygen atoms in total. The summed E-state index contributed by atoms with van der Waals surface area (Å²) in [6.45, 7) is 0.372. The number of alkyl halides is 3. The van der Waals surface area contributed by atoms with Gasteiger partial charge >= 0.3 is 6.18 Å². The number of halogens is 3. The van der Waals surface area contributed by atoms with Gasteiger partial charge in [0.2, 0.25) is 0 Å². The number of hydrogen-bond acceptors (Lipinski definition) is 3. The quantitative estimate of drug-likeness (QED) is 0.391. The maximum absolute atomic E-state index is 13.6. The average molecular weight is 462 g/mol. The third-order valence-corrected chi connectivity index (χ3v) is 6.69. The maximum Gasteiger partial charge on any atom is 0.435 e. The van der Waals surface area contributed by atoms with Crippen LogP contribution in [0.1, 0.15) is 45.9 Å². The number of carbonyl (C=O) groups is 1. The molecule has 2 aliphatic rings. The number of pyridine rings is 1. The van der Waals surface area contributed by atoms with Crippen molar-refractivity contribution in [3.05, 3.63) is 77.2 Å². The van der Waals surface area contributed by atoms with Crippen LogP contribution < -0.4 is 4.90 Å². The van der Waals surface area contributed by atoms with Gasteiger partial charge in [0.05, 0.1) is 11.2 Å². The molecule has 2 aromatic carbocycles. The molecule has 0 N–H and O–H groups in total. The minimum absolute atomic E-state index is 0.00321. The fraction of sp³-hybridized carbons (Fsp3) is 0.269. The summed E-state index contributed by atoms with van der Waals surface area (Å²) in [4.78, 5) is 20.0. The highest BCUT2D eigenvalue weighted by atomic mass is 19.4. The fourth-order valence-electron chi connectivity index (χ4n) is 4.93. The Balaban J connectivity index is 1.44. The van der Waals surface area contributed by atoms with Gasteiger partial charge in [0, 0.05) is 42.5 Å². The first-order valence-corrected chi connectivity index (χ1v) is 11.2. The van der Waals surface area contributed by atoms with Crippen molar-refractivity contribution in [2.45, 2.75) is 31.4 Å². The van der Waals surface area contributed by atoms with Crippen LogP contribution in [0.5, 0.6) is 0 Å². The number of amides is 1. The Hall–Kier alpha value is -3.68. The largest absolute Gasteiger partial charge is 0.435 e. The number of benzene rings is 2. The van der Waals surface area contributed by atoms with Gasteiger partial charge in [-0.15, -0.1) is 0 Å². The molecule has 0 spiro atoms. The van der Waals surface area contributed by atoms with Gasteiger partial charge < -0.3 is 4.90 Å². The van der Waals surface area contributed by atoms with Crippen molar-refractivity contribution in [2.24, 2.45) is 7.05 Å². The topological polar surface area (TPSA) is 51.0 Å². The first kappa shape index (κ1) is 20.9. The van der Waals surface area contributed by atoms with E-state index in [4.69, 9.17) is 0 Å². The summed E-state index contributed by atoms with van der Waals surface area (Å²) >= 11 is 0. The highest BCUT2D eigenvalue weighted by Gasteiger charge is 2.39. The zero-order chi connectivity index (χ0) is 23.6. The number of anilines is 1. The maximum atomic E-state index is 13.6. The van der Waals surface area contributed by atoms with E-state index in [1.165, 1.54) is 18.8 Å². The lowest BCUT2D eigenvalue weighted by Gasteiger charge is -2.31. The summed E-state index contributed by atoms with van der Waals surface area (Å²) in [6.07, 6.45) is 1.44. The van der Waals surface area contributed by atoms with Crippen molar-refractivity contribution in [3.8, 4) is 11.1 Å². The normalized spacial score (nSPS) is 16.2. The van der Waals surface area contributed by atoms with Crippen LogP contribution in [0.3, 0.4) is 0 Å². The highest BCUT2D eigenvalue weighted by Crippen LogP contribution is 2.42. The van der Waals surface area contributed by atoms with E-state index in [1.807, 2.05) is 24.4 Å². The molecule has 0 saturated heterocycles. The summed E-state index contributed by atoms with van der Waals surface area (Å²) < 4.78 is 42.0. The minimum Gasteiger partial charge on any atom is -0.307 e. The molecule has 6 rings (SSSR count). The molecule has 0 bridgehead atoms. The van der Waals surface area contributed by atoms with Gasteiger partial charge in [0.25, 0.3) is 5.91 Å². The van der Waals surface area contributed by atoms with Gasteiger partial charge in [-0.25, -0.2) is 0 Å². The Morgan fingerprint density at radius 3 is 2.56 bits per heavy atom. The zero-order valence-electron chi connectivity index (χ0n) is 18.4. The predicted molar refractivity (Wildman–Crippen MR) is 123 cm³/mol. The Labute approximate surface area is 193 Å². The van der Waals surface area contributed by atoms with Gasteiger partial charge in [-0.2, -0.15) is 18.3 Å².